The molecule has 0 fully saturated rings. The summed E-state index contributed by atoms with van der Waals surface area (Å²) in [5.74, 6) is -0.654. The molecule has 16 heavy (non-hydrogen) atoms. The Kier molecular flexibility index (Phi) is 3.67. The van der Waals surface area contributed by atoms with Gasteiger partial charge in [0.25, 0.3) is 0 Å². The van der Waals surface area contributed by atoms with Crippen molar-refractivity contribution in [3.05, 3.63) is 23.4 Å². The van der Waals surface area contributed by atoms with E-state index in [9.17, 15) is 9.59 Å². The summed E-state index contributed by atoms with van der Waals surface area (Å²) in [5, 5.41) is 8.70. The fourth-order valence-electron chi connectivity index (χ4n) is 1.21. The highest BCUT2D eigenvalue weighted by Gasteiger charge is 2.27. The fraction of sp³-hybridized carbons (Fsp3) is 0.300. The van der Waals surface area contributed by atoms with E-state index >= 15 is 0 Å². The summed E-state index contributed by atoms with van der Waals surface area (Å²) in [4.78, 5) is 23.8. The Bertz CT molecular complexity index is 417. The average Bonchev–Trinajstić information content (AvgIpc) is 2.36. The molecule has 1 heterocycles. The molecule has 0 aliphatic carbocycles. The summed E-state index contributed by atoms with van der Waals surface area (Å²) in [5.41, 5.74) is 0.409. The van der Waals surface area contributed by atoms with Crippen molar-refractivity contribution in [1.82, 2.24) is 4.90 Å². The number of carbonyl (C=O) groups is 2. The van der Waals surface area contributed by atoms with E-state index in [1.165, 1.54) is 26.4 Å². The lowest BCUT2D eigenvalue weighted by molar-refractivity contribution is -0.137. The van der Waals surface area contributed by atoms with Gasteiger partial charge in [0.1, 0.15) is 5.70 Å². The lowest BCUT2D eigenvalue weighted by Gasteiger charge is -2.24. The second-order valence-corrected chi connectivity index (χ2v) is 2.90. The van der Waals surface area contributed by atoms with E-state index in [2.05, 4.69) is 9.47 Å². The summed E-state index contributed by atoms with van der Waals surface area (Å²) < 4.78 is 9.02. The van der Waals surface area contributed by atoms with Crippen molar-refractivity contribution in [2.45, 2.75) is 0 Å². The van der Waals surface area contributed by atoms with Crippen molar-refractivity contribution in [2.24, 2.45) is 0 Å². The van der Waals surface area contributed by atoms with Gasteiger partial charge in [-0.15, -0.1) is 0 Å². The first-order chi connectivity index (χ1) is 7.63. The van der Waals surface area contributed by atoms with Crippen LogP contribution >= 0.6 is 0 Å². The third-order valence-corrected chi connectivity index (χ3v) is 1.99. The maximum Gasteiger partial charge on any atom is 0.414 e. The van der Waals surface area contributed by atoms with Crippen molar-refractivity contribution in [1.29, 1.82) is 5.26 Å². The number of hydrogen-bond acceptors (Lipinski definition) is 5. The molecule has 1 amide bonds. The second kappa shape index (κ2) is 4.98. The van der Waals surface area contributed by atoms with Crippen LogP contribution in [0.3, 0.4) is 0 Å². The van der Waals surface area contributed by atoms with Crippen LogP contribution < -0.4 is 0 Å². The van der Waals surface area contributed by atoms with Gasteiger partial charge in [-0.25, -0.2) is 9.59 Å². The van der Waals surface area contributed by atoms with Gasteiger partial charge in [0.15, 0.2) is 0 Å². The molecule has 1 aliphatic heterocycles. The minimum absolute atomic E-state index is 0.00407. The molecule has 0 unspecified atom stereocenters. The SMILES string of the molecule is COC(=O)C1=CC=C(C#N)CN1C(=O)OC. The highest BCUT2D eigenvalue weighted by atomic mass is 16.5. The quantitative estimate of drug-likeness (QED) is 0.606. The molecule has 0 bridgehead atoms. The van der Waals surface area contributed by atoms with E-state index in [-0.39, 0.29) is 12.2 Å². The summed E-state index contributed by atoms with van der Waals surface area (Å²) in [7, 11) is 2.41. The molecule has 1 rings (SSSR count). The lowest BCUT2D eigenvalue weighted by Crippen LogP contribution is -2.37. The van der Waals surface area contributed by atoms with E-state index < -0.39 is 12.1 Å². The monoisotopic (exact) mass is 222 g/mol. The van der Waals surface area contributed by atoms with Gasteiger partial charge in [0, 0.05) is 5.57 Å². The third kappa shape index (κ3) is 2.20. The van der Waals surface area contributed by atoms with E-state index in [1.54, 1.807) is 0 Å². The first-order valence-electron chi connectivity index (χ1n) is 4.38. The number of amides is 1. The molecule has 0 N–H and O–H groups in total. The van der Waals surface area contributed by atoms with Crippen molar-refractivity contribution in [3.63, 3.8) is 0 Å². The Hall–Kier alpha value is -2.29. The second-order valence-electron chi connectivity index (χ2n) is 2.90. The number of esters is 1. The highest BCUT2D eigenvalue weighted by Crippen LogP contribution is 2.16. The number of nitriles is 1. The molecule has 0 aromatic rings. The Morgan fingerprint density at radius 1 is 1.38 bits per heavy atom. The van der Waals surface area contributed by atoms with Crippen LogP contribution in [-0.4, -0.2) is 37.7 Å². The number of nitrogens with zero attached hydrogens (tertiary/aromatic N) is 2. The first-order valence-corrected chi connectivity index (χ1v) is 4.38. The third-order valence-electron chi connectivity index (χ3n) is 1.99. The lowest BCUT2D eigenvalue weighted by atomic mass is 10.1. The van der Waals surface area contributed by atoms with Crippen molar-refractivity contribution < 1.29 is 19.1 Å². The summed E-state index contributed by atoms with van der Waals surface area (Å²) in [6.45, 7) is 0.00407. The Morgan fingerprint density at radius 2 is 2.06 bits per heavy atom. The zero-order valence-electron chi connectivity index (χ0n) is 8.89. The summed E-state index contributed by atoms with van der Waals surface area (Å²) in [6.07, 6.45) is 2.11. The van der Waals surface area contributed by atoms with Crippen LogP contribution in [-0.2, 0) is 14.3 Å². The molecule has 0 aromatic carbocycles. The summed E-state index contributed by atoms with van der Waals surface area (Å²) in [6, 6.07) is 1.91. The van der Waals surface area contributed by atoms with Gasteiger partial charge >= 0.3 is 12.1 Å². The molecule has 0 atom stereocenters. The van der Waals surface area contributed by atoms with Crippen molar-refractivity contribution in [2.75, 3.05) is 20.8 Å². The number of rotatable bonds is 1. The van der Waals surface area contributed by atoms with Crippen molar-refractivity contribution >= 4 is 12.1 Å². The average molecular weight is 222 g/mol. The molecule has 6 heteroatoms. The number of hydrogen-bond donors (Lipinski definition) is 0. The Morgan fingerprint density at radius 3 is 2.56 bits per heavy atom. The highest BCUT2D eigenvalue weighted by molar-refractivity contribution is 5.93. The van der Waals surface area contributed by atoms with Crippen molar-refractivity contribution in [3.8, 4) is 6.07 Å². The molecule has 0 aromatic heterocycles. The van der Waals surface area contributed by atoms with Crippen LogP contribution in [0.5, 0.6) is 0 Å². The number of methoxy groups -OCH3 is 2. The maximum absolute atomic E-state index is 11.4. The molecular weight excluding hydrogens is 212 g/mol. The maximum atomic E-state index is 11.4. The smallest absolute Gasteiger partial charge is 0.414 e. The topological polar surface area (TPSA) is 79.6 Å². The minimum Gasteiger partial charge on any atom is -0.464 e. The Balaban J connectivity index is 3.04. The van der Waals surface area contributed by atoms with E-state index in [4.69, 9.17) is 5.26 Å². The fourth-order valence-corrected chi connectivity index (χ4v) is 1.21. The molecule has 84 valence electrons. The predicted molar refractivity (Wildman–Crippen MR) is 52.9 cm³/mol. The van der Waals surface area contributed by atoms with Gasteiger partial charge in [-0.05, 0) is 12.2 Å². The van der Waals surface area contributed by atoms with Gasteiger partial charge in [-0.3, -0.25) is 4.90 Å². The molecule has 0 radical (unpaired) electrons. The van der Waals surface area contributed by atoms with Gasteiger partial charge in [-0.2, -0.15) is 5.26 Å². The predicted octanol–water partition coefficient (Wildman–Crippen LogP) is 0.575. The molecule has 1 aliphatic rings. The van der Waals surface area contributed by atoms with E-state index in [0.29, 0.717) is 5.57 Å². The first kappa shape index (κ1) is 11.8. The van der Waals surface area contributed by atoms with Gasteiger partial charge in [0.2, 0.25) is 0 Å². The van der Waals surface area contributed by atoms with E-state index in [0.717, 1.165) is 4.90 Å². The summed E-state index contributed by atoms with van der Waals surface area (Å²) >= 11 is 0. The normalized spacial score (nSPS) is 14.4. The zero-order valence-corrected chi connectivity index (χ0v) is 8.89. The standard InChI is InChI=1S/C10H10N2O4/c1-15-9(13)8-4-3-7(5-11)6-12(8)10(14)16-2/h3-4H,6H2,1-2H3. The number of allylic oxidation sites excluding steroid dienone is 2. The molecule has 0 spiro atoms. The van der Waals surface area contributed by atoms with Crippen LogP contribution in [0.15, 0.2) is 23.4 Å². The van der Waals surface area contributed by atoms with Gasteiger partial charge in [-0.1, -0.05) is 0 Å². The molecule has 0 saturated heterocycles. The van der Waals surface area contributed by atoms with Gasteiger partial charge < -0.3 is 9.47 Å². The molecule has 6 nitrogen and oxygen atoms in total. The molecular formula is C10H10N2O4. The largest absolute Gasteiger partial charge is 0.464 e. The minimum atomic E-state index is -0.711. The Labute approximate surface area is 92.3 Å². The number of carbonyl (C=O) groups excluding carboxylic acids is 2. The van der Waals surface area contributed by atoms with Crippen LogP contribution in [0.4, 0.5) is 4.79 Å². The van der Waals surface area contributed by atoms with Crippen LogP contribution in [0, 0.1) is 11.3 Å². The van der Waals surface area contributed by atoms with Crippen LogP contribution in [0.1, 0.15) is 0 Å². The number of ether oxygens (including phenoxy) is 2. The van der Waals surface area contributed by atoms with Crippen LogP contribution in [0.2, 0.25) is 0 Å². The zero-order chi connectivity index (χ0) is 12.1. The van der Waals surface area contributed by atoms with Gasteiger partial charge in [0.05, 0.1) is 26.8 Å². The van der Waals surface area contributed by atoms with Crippen LogP contribution in [0.25, 0.3) is 0 Å². The molecule has 0 saturated carbocycles. The van der Waals surface area contributed by atoms with E-state index in [1.807, 2.05) is 6.07 Å².